The summed E-state index contributed by atoms with van der Waals surface area (Å²) in [6.07, 6.45) is 0. The van der Waals surface area contributed by atoms with Crippen molar-refractivity contribution in [2.24, 2.45) is 0 Å². The standard InChI is InChI=1S/C11H15ClN2O.C11H16N2O/c1-15-9-2-3-10(12)11(8-9)14-6-4-13-5-7-14;1-14-11-4-2-3-10(9-11)13-7-5-12-6-8-13/h2-3,8,13H,4-7H2,1H3;2-4,9,12H,5-8H2,1H3. The van der Waals surface area contributed by atoms with Gasteiger partial charge in [-0.05, 0) is 24.3 Å². The Hall–Kier alpha value is -2.15. The van der Waals surface area contributed by atoms with Crippen LogP contribution in [0, 0.1) is 0 Å². The molecule has 29 heavy (non-hydrogen) atoms. The molecule has 7 heteroatoms. The molecule has 2 saturated heterocycles. The minimum absolute atomic E-state index is 0.790. The summed E-state index contributed by atoms with van der Waals surface area (Å²) in [5.41, 5.74) is 2.32. The van der Waals surface area contributed by atoms with Crippen LogP contribution < -0.4 is 29.9 Å². The third-order valence-corrected chi connectivity index (χ3v) is 5.47. The minimum atomic E-state index is 0.790. The van der Waals surface area contributed by atoms with Gasteiger partial charge in [0.1, 0.15) is 11.5 Å². The van der Waals surface area contributed by atoms with Crippen molar-refractivity contribution in [2.45, 2.75) is 0 Å². The first kappa shape index (κ1) is 21.6. The molecule has 0 unspecified atom stereocenters. The first-order valence-electron chi connectivity index (χ1n) is 10.1. The van der Waals surface area contributed by atoms with Gasteiger partial charge in [-0.1, -0.05) is 17.7 Å². The molecule has 6 nitrogen and oxygen atoms in total. The zero-order valence-corrected chi connectivity index (χ0v) is 18.0. The summed E-state index contributed by atoms with van der Waals surface area (Å²) in [5, 5.41) is 7.45. The molecule has 0 saturated carbocycles. The molecule has 2 aliphatic rings. The van der Waals surface area contributed by atoms with E-state index in [9.17, 15) is 0 Å². The van der Waals surface area contributed by atoms with Crippen molar-refractivity contribution in [1.29, 1.82) is 0 Å². The Bertz CT molecular complexity index is 762. The number of rotatable bonds is 4. The second-order valence-corrected chi connectivity index (χ2v) is 7.40. The van der Waals surface area contributed by atoms with Crippen LogP contribution in [0.5, 0.6) is 11.5 Å². The van der Waals surface area contributed by atoms with Gasteiger partial charge in [-0.15, -0.1) is 0 Å². The quantitative estimate of drug-likeness (QED) is 0.796. The van der Waals surface area contributed by atoms with Crippen LogP contribution in [-0.2, 0) is 0 Å². The summed E-state index contributed by atoms with van der Waals surface area (Å²) in [6.45, 7) is 8.29. The molecule has 0 amide bonds. The van der Waals surface area contributed by atoms with Crippen LogP contribution >= 0.6 is 11.6 Å². The molecular formula is C22H31ClN4O2. The van der Waals surface area contributed by atoms with Crippen LogP contribution in [0.25, 0.3) is 0 Å². The number of benzene rings is 2. The van der Waals surface area contributed by atoms with Crippen molar-refractivity contribution in [3.05, 3.63) is 47.5 Å². The van der Waals surface area contributed by atoms with Crippen molar-refractivity contribution >= 4 is 23.0 Å². The summed E-state index contributed by atoms with van der Waals surface area (Å²) in [6, 6.07) is 14.0. The van der Waals surface area contributed by atoms with Crippen LogP contribution in [0.15, 0.2) is 42.5 Å². The normalized spacial score (nSPS) is 16.7. The molecule has 2 N–H and O–H groups in total. The molecule has 4 rings (SSSR count). The van der Waals surface area contributed by atoms with Crippen molar-refractivity contribution < 1.29 is 9.47 Å². The number of nitrogens with one attached hydrogen (secondary N) is 2. The molecule has 2 aromatic carbocycles. The second-order valence-electron chi connectivity index (χ2n) is 6.99. The number of piperazine rings is 2. The van der Waals surface area contributed by atoms with E-state index in [-0.39, 0.29) is 0 Å². The largest absolute Gasteiger partial charge is 0.497 e. The van der Waals surface area contributed by atoms with Crippen molar-refractivity contribution in [1.82, 2.24) is 10.6 Å². The molecule has 0 radical (unpaired) electrons. The molecule has 0 spiro atoms. The number of hydrogen-bond donors (Lipinski definition) is 2. The van der Waals surface area contributed by atoms with E-state index >= 15 is 0 Å². The molecule has 0 aliphatic carbocycles. The monoisotopic (exact) mass is 418 g/mol. The minimum Gasteiger partial charge on any atom is -0.497 e. The first-order chi connectivity index (χ1) is 14.2. The number of methoxy groups -OCH3 is 2. The maximum Gasteiger partial charge on any atom is 0.121 e. The van der Waals surface area contributed by atoms with E-state index in [2.05, 4.69) is 32.6 Å². The third kappa shape index (κ3) is 6.16. The highest BCUT2D eigenvalue weighted by molar-refractivity contribution is 6.33. The number of halogens is 1. The van der Waals surface area contributed by atoms with Crippen molar-refractivity contribution in [3.63, 3.8) is 0 Å². The van der Waals surface area contributed by atoms with Gasteiger partial charge >= 0.3 is 0 Å². The Labute approximate surface area is 178 Å². The van der Waals surface area contributed by atoms with Crippen LogP contribution in [0.2, 0.25) is 5.02 Å². The van der Waals surface area contributed by atoms with Gasteiger partial charge in [0.2, 0.25) is 0 Å². The fraction of sp³-hybridized carbons (Fsp3) is 0.455. The summed E-state index contributed by atoms with van der Waals surface area (Å²) >= 11 is 6.17. The van der Waals surface area contributed by atoms with Gasteiger partial charge in [-0.25, -0.2) is 0 Å². The van der Waals surface area contributed by atoms with Crippen LogP contribution in [0.4, 0.5) is 11.4 Å². The van der Waals surface area contributed by atoms with E-state index in [1.165, 1.54) is 5.69 Å². The lowest BCUT2D eigenvalue weighted by atomic mass is 10.2. The average Bonchev–Trinajstić information content (AvgIpc) is 2.81. The molecular weight excluding hydrogens is 388 g/mol. The predicted octanol–water partition coefficient (Wildman–Crippen LogP) is 2.86. The van der Waals surface area contributed by atoms with E-state index in [1.54, 1.807) is 14.2 Å². The fourth-order valence-electron chi connectivity index (χ4n) is 3.50. The fourth-order valence-corrected chi connectivity index (χ4v) is 3.73. The van der Waals surface area contributed by atoms with Crippen molar-refractivity contribution in [2.75, 3.05) is 76.4 Å². The molecule has 2 aromatic rings. The van der Waals surface area contributed by atoms with E-state index < -0.39 is 0 Å². The van der Waals surface area contributed by atoms with Crippen LogP contribution in [-0.4, -0.2) is 66.6 Å². The second kappa shape index (κ2) is 11.1. The molecule has 0 atom stereocenters. The maximum atomic E-state index is 6.17. The smallest absolute Gasteiger partial charge is 0.121 e. The maximum absolute atomic E-state index is 6.17. The average molecular weight is 419 g/mol. The van der Waals surface area contributed by atoms with Gasteiger partial charge in [0.05, 0.1) is 24.9 Å². The number of ether oxygens (including phenoxy) is 2. The number of anilines is 2. The lowest BCUT2D eigenvalue weighted by molar-refractivity contribution is 0.414. The third-order valence-electron chi connectivity index (χ3n) is 5.15. The highest BCUT2D eigenvalue weighted by atomic mass is 35.5. The van der Waals surface area contributed by atoms with Gasteiger partial charge in [-0.2, -0.15) is 0 Å². The molecule has 158 valence electrons. The SMILES string of the molecule is COc1ccc(Cl)c(N2CCNCC2)c1.COc1cccc(N2CCNCC2)c1. The lowest BCUT2D eigenvalue weighted by Gasteiger charge is -2.30. The number of nitrogens with zero attached hydrogens (tertiary/aromatic N) is 2. The van der Waals surface area contributed by atoms with Gasteiger partial charge in [0, 0.05) is 70.2 Å². The number of hydrogen-bond acceptors (Lipinski definition) is 6. The van der Waals surface area contributed by atoms with Gasteiger partial charge in [0.25, 0.3) is 0 Å². The Morgan fingerprint density at radius 1 is 0.759 bits per heavy atom. The molecule has 0 bridgehead atoms. The molecule has 0 aromatic heterocycles. The lowest BCUT2D eigenvalue weighted by Crippen LogP contribution is -2.43. The van der Waals surface area contributed by atoms with Gasteiger partial charge in [-0.3, -0.25) is 0 Å². The Morgan fingerprint density at radius 3 is 1.97 bits per heavy atom. The Kier molecular flexibility index (Phi) is 8.28. The summed E-state index contributed by atoms with van der Waals surface area (Å²) < 4.78 is 10.4. The van der Waals surface area contributed by atoms with Gasteiger partial charge < -0.3 is 29.9 Å². The van der Waals surface area contributed by atoms with E-state index in [4.69, 9.17) is 21.1 Å². The first-order valence-corrected chi connectivity index (χ1v) is 10.5. The van der Waals surface area contributed by atoms with Crippen LogP contribution in [0.1, 0.15) is 0 Å². The topological polar surface area (TPSA) is 49.0 Å². The highest BCUT2D eigenvalue weighted by Crippen LogP contribution is 2.30. The van der Waals surface area contributed by atoms with E-state index in [1.807, 2.05) is 30.3 Å². The summed E-state index contributed by atoms with van der Waals surface area (Å²) in [7, 11) is 3.38. The molecule has 2 heterocycles. The Balaban J connectivity index is 0.000000166. The van der Waals surface area contributed by atoms with Crippen LogP contribution in [0.3, 0.4) is 0 Å². The zero-order chi connectivity index (χ0) is 20.5. The Morgan fingerprint density at radius 2 is 1.34 bits per heavy atom. The van der Waals surface area contributed by atoms with E-state index in [0.717, 1.165) is 74.6 Å². The highest BCUT2D eigenvalue weighted by Gasteiger charge is 2.14. The van der Waals surface area contributed by atoms with Crippen molar-refractivity contribution in [3.8, 4) is 11.5 Å². The summed E-state index contributed by atoms with van der Waals surface area (Å²) in [5.74, 6) is 1.79. The van der Waals surface area contributed by atoms with E-state index in [0.29, 0.717) is 0 Å². The van der Waals surface area contributed by atoms with Gasteiger partial charge in [0.15, 0.2) is 0 Å². The summed E-state index contributed by atoms with van der Waals surface area (Å²) in [4.78, 5) is 4.65. The molecule has 2 fully saturated rings. The zero-order valence-electron chi connectivity index (χ0n) is 17.3. The molecule has 2 aliphatic heterocycles. The predicted molar refractivity (Wildman–Crippen MR) is 121 cm³/mol.